The highest BCUT2D eigenvalue weighted by atomic mass is 35.5. The van der Waals surface area contributed by atoms with Crippen LogP contribution in [0, 0.1) is 5.92 Å². The van der Waals surface area contributed by atoms with Gasteiger partial charge < -0.3 is 18.7 Å². The number of aromatic amines is 1. The van der Waals surface area contributed by atoms with Gasteiger partial charge in [-0.1, -0.05) is 29.8 Å². The maximum atomic E-state index is 13.6. The van der Waals surface area contributed by atoms with Gasteiger partial charge in [-0.05, 0) is 26.0 Å². The van der Waals surface area contributed by atoms with E-state index in [0.717, 1.165) is 4.57 Å². The number of hydrogen-bond acceptors (Lipinski definition) is 9. The lowest BCUT2D eigenvalue weighted by Gasteiger charge is -2.26. The molecule has 0 saturated carbocycles. The van der Waals surface area contributed by atoms with E-state index in [0.29, 0.717) is 5.75 Å². The summed E-state index contributed by atoms with van der Waals surface area (Å²) >= 11 is 6.35. The predicted molar refractivity (Wildman–Crippen MR) is 137 cm³/mol. The second-order valence-electron chi connectivity index (χ2n) is 8.26. The molecule has 14 heteroatoms. The molecule has 2 N–H and O–H groups in total. The molecule has 206 valence electrons. The summed E-state index contributed by atoms with van der Waals surface area (Å²) in [7, 11) is -1.10. The van der Waals surface area contributed by atoms with Crippen LogP contribution in [0.3, 0.4) is 0 Å². The summed E-state index contributed by atoms with van der Waals surface area (Å²) < 4.78 is 41.7. The van der Waals surface area contributed by atoms with E-state index in [1.165, 1.54) is 26.5 Å². The Morgan fingerprint density at radius 1 is 1.11 bits per heavy atom. The van der Waals surface area contributed by atoms with E-state index in [1.807, 2.05) is 0 Å². The van der Waals surface area contributed by atoms with Crippen LogP contribution in [-0.4, -0.2) is 61.7 Å². The quantitative estimate of drug-likeness (QED) is 0.178. The van der Waals surface area contributed by atoms with E-state index in [-0.39, 0.29) is 26.2 Å². The molecule has 2 aromatic rings. The van der Waals surface area contributed by atoms with Crippen LogP contribution >= 0.6 is 19.3 Å². The number of para-hydroxylation sites is 1. The Bertz CT molecular complexity index is 1140. The SMILES string of the molecule is COCC(C)C(=O)OC[C@H](C)NP(=O)(OC[C@H](CC(Cl)n1ccc(=O)[nH]c1=O)OC)Oc1ccccc1. The standard InChI is InChI=1S/C23H33ClN3O9P/c1-16(13-32-3)22(29)34-14-17(2)26-37(31,36-18-8-6-5-7-9-18)35-15-19(33-4)12-20(24)27-11-10-21(28)25-23(27)30/h5-11,16-17,19-20H,12-15H2,1-4H3,(H,26,31)(H,25,28,30)/t16?,17-,19-,20?,37?/m0/s1. The molecule has 12 nitrogen and oxygen atoms in total. The summed E-state index contributed by atoms with van der Waals surface area (Å²) in [5, 5.41) is 2.77. The third-order valence-corrected chi connectivity index (χ3v) is 7.10. The number of esters is 1. The highest BCUT2D eigenvalue weighted by Gasteiger charge is 2.31. The summed E-state index contributed by atoms with van der Waals surface area (Å²) in [6, 6.07) is 8.98. The normalized spacial score (nSPS) is 16.2. The number of alkyl halides is 1. The second-order valence-corrected chi connectivity index (χ2v) is 10.5. The molecule has 37 heavy (non-hydrogen) atoms. The molecule has 0 saturated heterocycles. The maximum Gasteiger partial charge on any atom is 0.459 e. The molecule has 3 unspecified atom stereocenters. The first-order valence-corrected chi connectivity index (χ1v) is 13.5. The number of ether oxygens (including phenoxy) is 3. The third-order valence-electron chi connectivity index (χ3n) is 5.02. The molecule has 0 bridgehead atoms. The summed E-state index contributed by atoms with van der Waals surface area (Å²) in [5.74, 6) is -0.623. The van der Waals surface area contributed by atoms with Gasteiger partial charge in [-0.25, -0.2) is 14.4 Å². The molecule has 1 aromatic carbocycles. The van der Waals surface area contributed by atoms with Gasteiger partial charge in [-0.3, -0.25) is 23.7 Å². The smallest absolute Gasteiger partial charge is 0.459 e. The molecule has 1 aromatic heterocycles. The van der Waals surface area contributed by atoms with Gasteiger partial charge in [-0.2, -0.15) is 0 Å². The van der Waals surface area contributed by atoms with Gasteiger partial charge in [0.25, 0.3) is 5.56 Å². The second kappa shape index (κ2) is 15.1. The van der Waals surface area contributed by atoms with Crippen LogP contribution in [0.1, 0.15) is 25.8 Å². The average molecular weight is 562 g/mol. The van der Waals surface area contributed by atoms with Crippen LogP contribution in [0.25, 0.3) is 0 Å². The fourth-order valence-electron chi connectivity index (χ4n) is 3.08. The minimum atomic E-state index is -4.00. The average Bonchev–Trinajstić information content (AvgIpc) is 2.85. The Morgan fingerprint density at radius 3 is 2.43 bits per heavy atom. The van der Waals surface area contributed by atoms with Gasteiger partial charge in [0.15, 0.2) is 0 Å². The first-order valence-electron chi connectivity index (χ1n) is 11.5. The number of nitrogens with one attached hydrogen (secondary N) is 2. The zero-order valence-electron chi connectivity index (χ0n) is 21.1. The van der Waals surface area contributed by atoms with Gasteiger partial charge in [0.05, 0.1) is 25.2 Å². The van der Waals surface area contributed by atoms with E-state index in [2.05, 4.69) is 10.1 Å². The zero-order chi connectivity index (χ0) is 27.4. The number of methoxy groups -OCH3 is 2. The Balaban J connectivity index is 2.07. The lowest BCUT2D eigenvalue weighted by atomic mass is 10.2. The Morgan fingerprint density at radius 2 is 1.81 bits per heavy atom. The van der Waals surface area contributed by atoms with E-state index in [4.69, 9.17) is 34.9 Å². The first kappa shape index (κ1) is 30.8. The topological polar surface area (TPSA) is 147 Å². The number of carbonyl (C=O) groups is 1. The van der Waals surface area contributed by atoms with Crippen LogP contribution in [0.15, 0.2) is 52.2 Å². The van der Waals surface area contributed by atoms with Gasteiger partial charge in [-0.15, -0.1) is 0 Å². The Hall–Kier alpha value is -2.47. The number of carbonyl (C=O) groups excluding carboxylic acids is 1. The monoisotopic (exact) mass is 561 g/mol. The van der Waals surface area contributed by atoms with Crippen molar-refractivity contribution >= 4 is 25.3 Å². The van der Waals surface area contributed by atoms with Crippen LogP contribution in [0.5, 0.6) is 5.75 Å². The van der Waals surface area contributed by atoms with E-state index in [1.54, 1.807) is 44.2 Å². The summed E-state index contributed by atoms with van der Waals surface area (Å²) in [6.45, 7) is 3.23. The fourth-order valence-corrected chi connectivity index (χ4v) is 4.99. The summed E-state index contributed by atoms with van der Waals surface area (Å²) in [6.07, 6.45) is 0.659. The molecule has 0 radical (unpaired) electrons. The van der Waals surface area contributed by atoms with Gasteiger partial charge in [0.1, 0.15) is 17.9 Å². The number of hydrogen-bond donors (Lipinski definition) is 2. The van der Waals surface area contributed by atoms with Crippen molar-refractivity contribution in [2.24, 2.45) is 5.92 Å². The van der Waals surface area contributed by atoms with Gasteiger partial charge in [0.2, 0.25) is 0 Å². The molecule has 0 amide bonds. The zero-order valence-corrected chi connectivity index (χ0v) is 22.8. The number of rotatable bonds is 16. The van der Waals surface area contributed by atoms with Crippen LogP contribution in [-0.2, 0) is 28.1 Å². The number of halogens is 1. The largest absolute Gasteiger partial charge is 0.464 e. The number of nitrogens with zero attached hydrogens (tertiary/aromatic N) is 1. The highest BCUT2D eigenvalue weighted by molar-refractivity contribution is 7.52. The van der Waals surface area contributed by atoms with Crippen molar-refractivity contribution in [1.82, 2.24) is 14.6 Å². The van der Waals surface area contributed by atoms with E-state index in [9.17, 15) is 18.9 Å². The number of aromatic nitrogens is 2. The molecule has 5 atom stereocenters. The fraction of sp³-hybridized carbons (Fsp3) is 0.522. The molecule has 2 rings (SSSR count). The van der Waals surface area contributed by atoms with E-state index < -0.39 is 48.5 Å². The number of benzene rings is 1. The lowest BCUT2D eigenvalue weighted by molar-refractivity contribution is -0.150. The molecular formula is C23H33ClN3O9P. The maximum absolute atomic E-state index is 13.6. The van der Waals surface area contributed by atoms with Crippen molar-refractivity contribution in [1.29, 1.82) is 0 Å². The van der Waals surface area contributed by atoms with Crippen LogP contribution in [0.4, 0.5) is 0 Å². The lowest BCUT2D eigenvalue weighted by Crippen LogP contribution is -2.34. The number of H-pyrrole nitrogens is 1. The van der Waals surface area contributed by atoms with Gasteiger partial charge >= 0.3 is 19.4 Å². The Labute approximate surface area is 219 Å². The van der Waals surface area contributed by atoms with Crippen molar-refractivity contribution in [3.05, 3.63) is 63.4 Å². The molecule has 0 aliphatic rings. The molecular weight excluding hydrogens is 529 g/mol. The predicted octanol–water partition coefficient (Wildman–Crippen LogP) is 2.69. The van der Waals surface area contributed by atoms with Crippen LogP contribution < -0.4 is 20.9 Å². The van der Waals surface area contributed by atoms with Crippen molar-refractivity contribution < 1.29 is 32.6 Å². The van der Waals surface area contributed by atoms with Crippen molar-refractivity contribution in [2.45, 2.75) is 37.9 Å². The highest BCUT2D eigenvalue weighted by Crippen LogP contribution is 2.45. The molecule has 0 aliphatic heterocycles. The summed E-state index contributed by atoms with van der Waals surface area (Å²) in [5.41, 5.74) is -2.10. The van der Waals surface area contributed by atoms with Gasteiger partial charge in [0, 0.05) is 38.9 Å². The summed E-state index contributed by atoms with van der Waals surface area (Å²) in [4.78, 5) is 37.5. The minimum absolute atomic E-state index is 0.0832. The molecule has 0 aliphatic carbocycles. The molecule has 0 fully saturated rings. The molecule has 0 spiro atoms. The third kappa shape index (κ3) is 10.4. The Kier molecular flexibility index (Phi) is 12.5. The van der Waals surface area contributed by atoms with Crippen molar-refractivity contribution in [3.63, 3.8) is 0 Å². The van der Waals surface area contributed by atoms with Crippen molar-refractivity contribution in [2.75, 3.05) is 34.0 Å². The van der Waals surface area contributed by atoms with Crippen molar-refractivity contribution in [3.8, 4) is 5.75 Å². The van der Waals surface area contributed by atoms with Crippen LogP contribution in [0.2, 0.25) is 0 Å². The van der Waals surface area contributed by atoms with E-state index >= 15 is 0 Å². The first-order chi connectivity index (χ1) is 17.6. The molecule has 1 heterocycles. The minimum Gasteiger partial charge on any atom is -0.464 e.